The highest BCUT2D eigenvalue weighted by Gasteiger charge is 2.27. The van der Waals surface area contributed by atoms with Gasteiger partial charge in [-0.1, -0.05) is 12.1 Å². The zero-order valence-electron chi connectivity index (χ0n) is 17.0. The molecule has 1 aliphatic rings. The van der Waals surface area contributed by atoms with Gasteiger partial charge < -0.3 is 15.5 Å². The van der Waals surface area contributed by atoms with E-state index in [1.165, 1.54) is 0 Å². The minimum Gasteiger partial charge on any atom is -0.362 e. The predicted octanol–water partition coefficient (Wildman–Crippen LogP) is 4.18. The molecule has 1 aliphatic carbocycles. The summed E-state index contributed by atoms with van der Waals surface area (Å²) < 4.78 is 0. The zero-order valence-corrected chi connectivity index (χ0v) is 17.8. The van der Waals surface area contributed by atoms with Gasteiger partial charge in [0.15, 0.2) is 0 Å². The predicted molar refractivity (Wildman–Crippen MR) is 117 cm³/mol. The Morgan fingerprint density at radius 3 is 2.57 bits per heavy atom. The van der Waals surface area contributed by atoms with Crippen molar-refractivity contribution >= 4 is 35.1 Å². The maximum Gasteiger partial charge on any atom is 0.227 e. The summed E-state index contributed by atoms with van der Waals surface area (Å²) in [6, 6.07) is 8.26. The topological polar surface area (TPSA) is 70.2 Å². The number of hydrogen-bond acceptors (Lipinski definition) is 6. The maximum absolute atomic E-state index is 12.7. The monoisotopic (exact) mass is 399 g/mol. The van der Waals surface area contributed by atoms with Crippen LogP contribution in [0, 0.1) is 12.8 Å². The van der Waals surface area contributed by atoms with E-state index in [0.29, 0.717) is 12.0 Å². The normalized spacial score (nSPS) is 19.1. The number of rotatable bonds is 6. The van der Waals surface area contributed by atoms with Crippen LogP contribution in [0.4, 0.5) is 17.5 Å². The van der Waals surface area contributed by atoms with E-state index in [9.17, 15) is 4.79 Å². The molecular formula is C21H29N5OS. The molecular weight excluding hydrogens is 370 g/mol. The molecule has 2 N–H and O–H groups in total. The Kier molecular flexibility index (Phi) is 6.78. The molecule has 28 heavy (non-hydrogen) atoms. The molecule has 1 saturated carbocycles. The van der Waals surface area contributed by atoms with E-state index in [1.807, 2.05) is 62.6 Å². The Morgan fingerprint density at radius 2 is 1.89 bits per heavy atom. The van der Waals surface area contributed by atoms with Gasteiger partial charge in [0.2, 0.25) is 11.9 Å². The third-order valence-electron chi connectivity index (χ3n) is 5.16. The van der Waals surface area contributed by atoms with Crippen LogP contribution in [0.2, 0.25) is 0 Å². The van der Waals surface area contributed by atoms with E-state index >= 15 is 0 Å². The van der Waals surface area contributed by atoms with Crippen molar-refractivity contribution in [2.45, 2.75) is 43.5 Å². The fourth-order valence-electron chi connectivity index (χ4n) is 3.62. The van der Waals surface area contributed by atoms with Gasteiger partial charge in [-0.3, -0.25) is 4.79 Å². The van der Waals surface area contributed by atoms with Crippen molar-refractivity contribution in [3.8, 4) is 0 Å². The maximum atomic E-state index is 12.7. The lowest BCUT2D eigenvalue weighted by Gasteiger charge is -2.29. The number of nitrogens with zero attached hydrogens (tertiary/aromatic N) is 3. The number of carbonyl (C=O) groups excluding carboxylic acids is 1. The molecule has 0 spiro atoms. The number of thioether (sulfide) groups is 1. The zero-order chi connectivity index (χ0) is 20.1. The van der Waals surface area contributed by atoms with Gasteiger partial charge in [0.25, 0.3) is 0 Å². The van der Waals surface area contributed by atoms with Crippen molar-refractivity contribution in [3.63, 3.8) is 0 Å². The Labute approximate surface area is 171 Å². The number of amides is 1. The van der Waals surface area contributed by atoms with Crippen LogP contribution < -0.4 is 15.5 Å². The number of para-hydroxylation sites is 1. The Hall–Kier alpha value is -2.28. The number of nitrogens with one attached hydrogen (secondary N) is 2. The average Bonchev–Trinajstić information content (AvgIpc) is 2.70. The molecule has 3 rings (SSSR count). The SMILES string of the molecule is CSc1ccccc1NC(=O)C1CCC(Nc2ncc(C)c(N(C)C)n2)CC1. The summed E-state index contributed by atoms with van der Waals surface area (Å²) in [4.78, 5) is 24.8. The molecule has 0 atom stereocenters. The van der Waals surface area contributed by atoms with Crippen molar-refractivity contribution in [2.75, 3.05) is 35.9 Å². The fraction of sp³-hybridized carbons (Fsp3) is 0.476. The molecule has 1 aromatic carbocycles. The van der Waals surface area contributed by atoms with E-state index < -0.39 is 0 Å². The van der Waals surface area contributed by atoms with E-state index in [0.717, 1.165) is 47.6 Å². The molecule has 150 valence electrons. The van der Waals surface area contributed by atoms with Crippen molar-refractivity contribution < 1.29 is 4.79 Å². The lowest BCUT2D eigenvalue weighted by atomic mass is 9.85. The molecule has 0 unspecified atom stereocenters. The molecule has 1 aromatic heterocycles. The van der Waals surface area contributed by atoms with Crippen molar-refractivity contribution in [3.05, 3.63) is 36.0 Å². The first kappa shape index (κ1) is 20.5. The molecule has 1 fully saturated rings. The third kappa shape index (κ3) is 4.95. The highest BCUT2D eigenvalue weighted by atomic mass is 32.2. The summed E-state index contributed by atoms with van der Waals surface area (Å²) in [5, 5.41) is 6.56. The minimum atomic E-state index is 0.0595. The van der Waals surface area contributed by atoms with Crippen molar-refractivity contribution in [1.29, 1.82) is 0 Å². The molecule has 0 aliphatic heterocycles. The van der Waals surface area contributed by atoms with Gasteiger partial charge in [0.1, 0.15) is 5.82 Å². The largest absolute Gasteiger partial charge is 0.362 e. The Balaban J connectivity index is 1.54. The number of aromatic nitrogens is 2. The van der Waals surface area contributed by atoms with Crippen molar-refractivity contribution in [1.82, 2.24) is 9.97 Å². The molecule has 0 saturated heterocycles. The second-order valence-corrected chi connectivity index (χ2v) is 8.33. The second-order valence-electron chi connectivity index (χ2n) is 7.48. The highest BCUT2D eigenvalue weighted by Crippen LogP contribution is 2.30. The van der Waals surface area contributed by atoms with E-state index in [1.54, 1.807) is 11.8 Å². The molecule has 7 heteroatoms. The van der Waals surface area contributed by atoms with Crippen LogP contribution >= 0.6 is 11.8 Å². The van der Waals surface area contributed by atoms with Gasteiger partial charge in [-0.25, -0.2) is 4.98 Å². The quantitative estimate of drug-likeness (QED) is 0.710. The van der Waals surface area contributed by atoms with Crippen LogP contribution in [0.15, 0.2) is 35.4 Å². The fourth-order valence-corrected chi connectivity index (χ4v) is 4.17. The van der Waals surface area contributed by atoms with Crippen LogP contribution in [0.3, 0.4) is 0 Å². The molecule has 1 amide bonds. The first-order valence-corrected chi connectivity index (χ1v) is 10.9. The highest BCUT2D eigenvalue weighted by molar-refractivity contribution is 7.98. The van der Waals surface area contributed by atoms with Crippen LogP contribution in [0.1, 0.15) is 31.2 Å². The number of anilines is 3. The van der Waals surface area contributed by atoms with Gasteiger partial charge >= 0.3 is 0 Å². The summed E-state index contributed by atoms with van der Waals surface area (Å²) in [5.74, 6) is 1.78. The number of hydrogen-bond donors (Lipinski definition) is 2. The summed E-state index contributed by atoms with van der Waals surface area (Å²) in [7, 11) is 3.97. The molecule has 6 nitrogen and oxygen atoms in total. The standard InChI is InChI=1S/C21H29N5OS/c1-14-13-22-21(25-19(14)26(2)3)23-16-11-9-15(10-12-16)20(27)24-17-7-5-6-8-18(17)28-4/h5-8,13,15-16H,9-12H2,1-4H3,(H,24,27)(H,22,23,25). The lowest BCUT2D eigenvalue weighted by molar-refractivity contribution is -0.120. The third-order valence-corrected chi connectivity index (χ3v) is 5.96. The number of aryl methyl sites for hydroxylation is 1. The lowest BCUT2D eigenvalue weighted by Crippen LogP contribution is -2.32. The summed E-state index contributed by atoms with van der Waals surface area (Å²) in [6.45, 7) is 2.01. The second kappa shape index (κ2) is 9.28. The van der Waals surface area contributed by atoms with E-state index in [2.05, 4.69) is 20.6 Å². The smallest absolute Gasteiger partial charge is 0.227 e. The van der Waals surface area contributed by atoms with Gasteiger partial charge in [-0.15, -0.1) is 11.8 Å². The minimum absolute atomic E-state index is 0.0595. The Morgan fingerprint density at radius 1 is 1.18 bits per heavy atom. The van der Waals surface area contributed by atoms with Crippen LogP contribution in [-0.4, -0.2) is 42.3 Å². The van der Waals surface area contributed by atoms with Gasteiger partial charge in [0.05, 0.1) is 5.69 Å². The van der Waals surface area contributed by atoms with E-state index in [-0.39, 0.29) is 11.8 Å². The summed E-state index contributed by atoms with van der Waals surface area (Å²) in [6.07, 6.45) is 7.51. The molecule has 0 bridgehead atoms. The molecule has 1 heterocycles. The van der Waals surface area contributed by atoms with Crippen LogP contribution in [0.25, 0.3) is 0 Å². The van der Waals surface area contributed by atoms with Crippen LogP contribution in [0.5, 0.6) is 0 Å². The molecule has 0 radical (unpaired) electrons. The summed E-state index contributed by atoms with van der Waals surface area (Å²) in [5.41, 5.74) is 1.96. The van der Waals surface area contributed by atoms with Crippen molar-refractivity contribution in [2.24, 2.45) is 5.92 Å². The molecule has 2 aromatic rings. The number of carbonyl (C=O) groups is 1. The first-order valence-electron chi connectivity index (χ1n) is 9.69. The number of benzene rings is 1. The summed E-state index contributed by atoms with van der Waals surface area (Å²) >= 11 is 1.65. The average molecular weight is 400 g/mol. The van der Waals surface area contributed by atoms with Crippen LogP contribution in [-0.2, 0) is 4.79 Å². The van der Waals surface area contributed by atoms with E-state index in [4.69, 9.17) is 0 Å². The van der Waals surface area contributed by atoms with Gasteiger partial charge in [-0.2, -0.15) is 4.98 Å². The Bertz CT molecular complexity index is 818. The first-order chi connectivity index (χ1) is 13.5. The van der Waals surface area contributed by atoms with Gasteiger partial charge in [0, 0.05) is 42.7 Å². The van der Waals surface area contributed by atoms with Gasteiger partial charge in [-0.05, 0) is 51.0 Å².